The van der Waals surface area contributed by atoms with Gasteiger partial charge in [0.05, 0.1) is 44.0 Å². The van der Waals surface area contributed by atoms with Crippen molar-refractivity contribution in [1.29, 1.82) is 0 Å². The van der Waals surface area contributed by atoms with E-state index in [9.17, 15) is 26.4 Å². The van der Waals surface area contributed by atoms with Crippen molar-refractivity contribution in [1.82, 2.24) is 19.6 Å². The van der Waals surface area contributed by atoms with Gasteiger partial charge >= 0.3 is 6.09 Å². The van der Waals surface area contributed by atoms with Crippen LogP contribution in [0.15, 0.2) is 12.4 Å². The normalized spacial score (nSPS) is 32.5. The number of likely N-dealkylation sites (tertiary alicyclic amines) is 1. The number of rotatable bonds is 9. The molecule has 0 radical (unpaired) electrons. The Morgan fingerprint density at radius 1 is 1.31 bits per heavy atom. The van der Waals surface area contributed by atoms with Crippen molar-refractivity contribution < 1.29 is 35.9 Å². The van der Waals surface area contributed by atoms with Gasteiger partial charge < -0.3 is 9.47 Å². The lowest BCUT2D eigenvalue weighted by atomic mass is 9.86. The second-order valence-corrected chi connectivity index (χ2v) is 11.6. The Morgan fingerprint density at radius 2 is 2.03 bits per heavy atom. The summed E-state index contributed by atoms with van der Waals surface area (Å²) in [6.45, 7) is 1.42. The van der Waals surface area contributed by atoms with E-state index in [2.05, 4.69) is 14.7 Å². The van der Waals surface area contributed by atoms with E-state index in [4.69, 9.17) is 9.47 Å². The molecular weight excluding hydrogens is 489 g/mol. The number of hydrogen-bond donors (Lipinski definition) is 1. The molecule has 6 atom stereocenters. The summed E-state index contributed by atoms with van der Waals surface area (Å²) in [6, 6.07) is -1.58. The van der Waals surface area contributed by atoms with Gasteiger partial charge in [0, 0.05) is 23.9 Å². The molecule has 0 unspecified atom stereocenters. The Hall–Kier alpha value is -1.99. The Kier molecular flexibility index (Phi) is 7.58. The van der Waals surface area contributed by atoms with Crippen molar-refractivity contribution in [3.8, 4) is 0 Å². The van der Waals surface area contributed by atoms with Crippen LogP contribution < -0.4 is 4.72 Å². The zero-order valence-electron chi connectivity index (χ0n) is 19.7. The topological polar surface area (TPSA) is 111 Å². The van der Waals surface area contributed by atoms with Crippen molar-refractivity contribution in [2.24, 2.45) is 5.92 Å². The first kappa shape index (κ1) is 26.1. The minimum Gasteiger partial charge on any atom is -0.449 e. The average molecular weight is 521 g/mol. The zero-order chi connectivity index (χ0) is 25.4. The van der Waals surface area contributed by atoms with Crippen molar-refractivity contribution >= 4 is 16.1 Å². The summed E-state index contributed by atoms with van der Waals surface area (Å²) in [4.78, 5) is 22.4. The first-order chi connectivity index (χ1) is 16.5. The van der Waals surface area contributed by atoms with Crippen molar-refractivity contribution in [3.05, 3.63) is 24.0 Å². The van der Waals surface area contributed by atoms with Crippen LogP contribution in [0.5, 0.6) is 0 Å². The largest absolute Gasteiger partial charge is 0.449 e. The minimum atomic E-state index is -3.55. The molecule has 196 valence electrons. The van der Waals surface area contributed by atoms with Gasteiger partial charge in [-0.15, -0.1) is 0 Å². The molecule has 0 bridgehead atoms. The summed E-state index contributed by atoms with van der Waals surface area (Å²) in [5, 5.41) is 0. The highest BCUT2D eigenvalue weighted by molar-refractivity contribution is 7.88. The molecule has 1 aromatic rings. The fraction of sp³-hybridized carbons (Fsp3) is 0.773. The number of amides is 1. The van der Waals surface area contributed by atoms with Crippen molar-refractivity contribution in [3.63, 3.8) is 0 Å². The van der Waals surface area contributed by atoms with Gasteiger partial charge in [-0.25, -0.2) is 41.1 Å². The number of nitrogens with zero attached hydrogens (tertiary/aromatic N) is 3. The van der Waals surface area contributed by atoms with E-state index in [-0.39, 0.29) is 24.2 Å². The van der Waals surface area contributed by atoms with Crippen LogP contribution in [0.25, 0.3) is 0 Å². The third-order valence-electron chi connectivity index (χ3n) is 7.29. The molecular formula is C22H31F3N4O5S. The summed E-state index contributed by atoms with van der Waals surface area (Å²) >= 11 is 0. The third kappa shape index (κ3) is 6.05. The van der Waals surface area contributed by atoms with E-state index in [0.717, 1.165) is 31.9 Å². The molecule has 1 N–H and O–H groups in total. The predicted octanol–water partition coefficient (Wildman–Crippen LogP) is 2.61. The summed E-state index contributed by atoms with van der Waals surface area (Å²) < 4.78 is 75.7. The Morgan fingerprint density at radius 3 is 2.66 bits per heavy atom. The minimum absolute atomic E-state index is 0.0823. The van der Waals surface area contributed by atoms with E-state index in [1.165, 1.54) is 17.3 Å². The number of ether oxygens (including phenoxy) is 2. The van der Waals surface area contributed by atoms with Gasteiger partial charge in [0.2, 0.25) is 16.4 Å². The average Bonchev–Trinajstić information content (AvgIpc) is 3.42. The first-order valence-electron chi connectivity index (χ1n) is 11.8. The highest BCUT2D eigenvalue weighted by Gasteiger charge is 2.60. The molecule has 2 saturated carbocycles. The number of aromatic nitrogens is 2. The molecule has 35 heavy (non-hydrogen) atoms. The number of carbonyl (C=O) groups is 1. The summed E-state index contributed by atoms with van der Waals surface area (Å²) in [5.74, 6) is 0.497. The van der Waals surface area contributed by atoms with Gasteiger partial charge in [0.1, 0.15) is 5.82 Å². The first-order valence-corrected chi connectivity index (χ1v) is 13.7. The number of nitrogens with one attached hydrogen (secondary N) is 1. The lowest BCUT2D eigenvalue weighted by molar-refractivity contribution is -0.0133. The molecule has 3 fully saturated rings. The van der Waals surface area contributed by atoms with Crippen molar-refractivity contribution in [2.45, 2.75) is 81.5 Å². The second kappa shape index (κ2) is 10.2. The van der Waals surface area contributed by atoms with Crippen molar-refractivity contribution in [2.75, 3.05) is 19.5 Å². The quantitative estimate of drug-likeness (QED) is 0.533. The van der Waals surface area contributed by atoms with Crippen LogP contribution in [0.4, 0.5) is 18.0 Å². The van der Waals surface area contributed by atoms with Crippen LogP contribution in [0.2, 0.25) is 0 Å². The number of sulfonamides is 1. The molecule has 1 saturated heterocycles. The molecule has 0 spiro atoms. The van der Waals surface area contributed by atoms with E-state index in [1.54, 1.807) is 6.92 Å². The summed E-state index contributed by atoms with van der Waals surface area (Å²) in [6.07, 6.45) is 2.93. The third-order valence-corrected chi connectivity index (χ3v) is 8.02. The molecule has 2 heterocycles. The van der Waals surface area contributed by atoms with E-state index in [0.29, 0.717) is 18.2 Å². The van der Waals surface area contributed by atoms with Gasteiger partial charge in [0.25, 0.3) is 0 Å². The lowest BCUT2D eigenvalue weighted by Gasteiger charge is -2.33. The number of alkyl halides is 2. The van der Waals surface area contributed by atoms with E-state index < -0.39 is 53.5 Å². The molecule has 1 aromatic heterocycles. The van der Waals surface area contributed by atoms with Crippen LogP contribution in [0, 0.1) is 11.7 Å². The van der Waals surface area contributed by atoms with Crippen LogP contribution in [0.1, 0.15) is 51.3 Å². The maximum absolute atomic E-state index is 13.2. The predicted molar refractivity (Wildman–Crippen MR) is 119 cm³/mol. The molecule has 9 nitrogen and oxygen atoms in total. The van der Waals surface area contributed by atoms with Gasteiger partial charge in [0.15, 0.2) is 5.82 Å². The molecule has 0 aromatic carbocycles. The van der Waals surface area contributed by atoms with Gasteiger partial charge in [-0.3, -0.25) is 4.90 Å². The van der Waals surface area contributed by atoms with Gasteiger partial charge in [-0.1, -0.05) is 0 Å². The SMILES string of the molecule is C[C@@H]1C[C@H](NS(C)(=O)=O)[C@H](CO[C@H]2CC[C@@]3(c4ncc(F)cn4)C[C@H]3C2)N1C(=O)OCCC(F)F. The van der Waals surface area contributed by atoms with Crippen LogP contribution in [-0.2, 0) is 24.9 Å². The molecule has 13 heteroatoms. The zero-order valence-corrected chi connectivity index (χ0v) is 20.5. The highest BCUT2D eigenvalue weighted by Crippen LogP contribution is 2.61. The molecule has 1 aliphatic heterocycles. The maximum atomic E-state index is 13.2. The summed E-state index contributed by atoms with van der Waals surface area (Å²) in [7, 11) is -3.55. The van der Waals surface area contributed by atoms with E-state index in [1.807, 2.05) is 0 Å². The summed E-state index contributed by atoms with van der Waals surface area (Å²) in [5.41, 5.74) is -0.143. The smallest absolute Gasteiger partial charge is 0.410 e. The standard InChI is InChI=1S/C22H31F3N4O5S/c1-13-7-17(28-35(2,31)32)18(29(13)21(30)33-6-4-19(24)25)12-34-16-3-5-22(9-14(22)8-16)20-26-10-15(23)11-27-20/h10-11,13-14,16-19,28H,3-9,12H2,1-2H3/t13-,14-,16+,17+,18+,22-/m1/s1. The number of carbonyl (C=O) groups excluding carboxylic acids is 1. The van der Waals surface area contributed by atoms with Gasteiger partial charge in [-0.2, -0.15) is 0 Å². The molecule has 1 amide bonds. The number of halogens is 3. The lowest BCUT2D eigenvalue weighted by Crippen LogP contribution is -2.50. The monoisotopic (exact) mass is 520 g/mol. The molecule has 3 aliphatic rings. The van der Waals surface area contributed by atoms with Crippen LogP contribution >= 0.6 is 0 Å². The van der Waals surface area contributed by atoms with Crippen LogP contribution in [0.3, 0.4) is 0 Å². The fourth-order valence-electron chi connectivity index (χ4n) is 5.57. The Labute approximate surface area is 202 Å². The Balaban J connectivity index is 1.38. The molecule has 4 rings (SSSR count). The van der Waals surface area contributed by atoms with E-state index >= 15 is 0 Å². The molecule has 2 aliphatic carbocycles. The Bertz CT molecular complexity index is 1010. The number of fused-ring (bicyclic) bond motifs is 1. The van der Waals surface area contributed by atoms with Crippen LogP contribution in [-0.4, -0.2) is 79.5 Å². The maximum Gasteiger partial charge on any atom is 0.410 e. The number of hydrogen-bond acceptors (Lipinski definition) is 7. The highest BCUT2D eigenvalue weighted by atomic mass is 32.2. The second-order valence-electron chi connectivity index (χ2n) is 9.86. The van der Waals surface area contributed by atoms with Gasteiger partial charge in [-0.05, 0) is 44.9 Å². The fourth-order valence-corrected chi connectivity index (χ4v) is 6.38.